The Morgan fingerprint density at radius 3 is 2.19 bits per heavy atom. The third-order valence-electron chi connectivity index (χ3n) is 4.06. The van der Waals surface area contributed by atoms with Crippen molar-refractivity contribution >= 4 is 11.4 Å². The van der Waals surface area contributed by atoms with Gasteiger partial charge in [-0.2, -0.15) is 0 Å². The van der Waals surface area contributed by atoms with Crippen LogP contribution in [-0.2, 0) is 0 Å². The van der Waals surface area contributed by atoms with Crippen molar-refractivity contribution in [1.29, 1.82) is 0 Å². The zero-order valence-electron chi connectivity index (χ0n) is 16.1. The summed E-state index contributed by atoms with van der Waals surface area (Å²) in [7, 11) is 0. The third kappa shape index (κ3) is 5.85. The van der Waals surface area contributed by atoms with Crippen molar-refractivity contribution in [2.45, 2.75) is 39.7 Å². The zero-order valence-corrected chi connectivity index (χ0v) is 16.1. The van der Waals surface area contributed by atoms with Gasteiger partial charge in [-0.05, 0) is 57.1 Å². The van der Waals surface area contributed by atoms with E-state index in [-0.39, 0.29) is 6.10 Å². The van der Waals surface area contributed by atoms with Crippen LogP contribution in [0.1, 0.15) is 33.6 Å². The summed E-state index contributed by atoms with van der Waals surface area (Å²) in [5.74, 6) is 2.03. The maximum Gasteiger partial charge on any atom is 0.169 e. The molecular weight excluding hydrogens is 326 g/mol. The van der Waals surface area contributed by atoms with Gasteiger partial charge in [0.2, 0.25) is 0 Å². The number of rotatable bonds is 10. The molecule has 5 nitrogen and oxygen atoms in total. The van der Waals surface area contributed by atoms with Crippen LogP contribution in [0.2, 0.25) is 0 Å². The molecule has 0 amide bonds. The Labute approximate surface area is 156 Å². The number of nitrogen functional groups attached to an aromatic ring is 2. The highest BCUT2D eigenvalue weighted by Crippen LogP contribution is 2.33. The second kappa shape index (κ2) is 9.92. The summed E-state index contributed by atoms with van der Waals surface area (Å²) in [6.07, 6.45) is 2.35. The molecule has 0 spiro atoms. The molecule has 4 N–H and O–H groups in total. The van der Waals surface area contributed by atoms with E-state index in [0.29, 0.717) is 22.9 Å². The van der Waals surface area contributed by atoms with E-state index in [1.165, 1.54) is 0 Å². The van der Waals surface area contributed by atoms with Gasteiger partial charge in [0.15, 0.2) is 11.5 Å². The van der Waals surface area contributed by atoms with E-state index < -0.39 is 0 Å². The molecular formula is C21H31N3O2. The van der Waals surface area contributed by atoms with Crippen molar-refractivity contribution in [3.8, 4) is 17.2 Å². The average Bonchev–Trinajstić information content (AvgIpc) is 2.60. The fraction of sp³-hybridized carbons (Fsp3) is 0.429. The molecule has 142 valence electrons. The lowest BCUT2D eigenvalue weighted by Gasteiger charge is -2.26. The fourth-order valence-electron chi connectivity index (χ4n) is 2.92. The number of ether oxygens (including phenoxy) is 2. The van der Waals surface area contributed by atoms with E-state index >= 15 is 0 Å². The van der Waals surface area contributed by atoms with E-state index in [1.807, 2.05) is 24.3 Å². The van der Waals surface area contributed by atoms with Gasteiger partial charge in [-0.3, -0.25) is 4.90 Å². The standard InChI is InChI=1S/C21H31N3O2/c1-4-12-24(13-5-2)15-16(3)25-20-8-6-7-9-21(20)26-17-10-11-18(22)19(23)14-17/h6-11,14,16H,4-5,12-13,15,22-23H2,1-3H3. The number of nitrogens with two attached hydrogens (primary N) is 2. The van der Waals surface area contributed by atoms with Gasteiger partial charge in [0, 0.05) is 12.6 Å². The van der Waals surface area contributed by atoms with E-state index in [1.54, 1.807) is 18.2 Å². The molecule has 0 saturated carbocycles. The minimum atomic E-state index is 0.0642. The Balaban J connectivity index is 2.06. The Hall–Kier alpha value is -2.40. The first-order valence-corrected chi connectivity index (χ1v) is 9.34. The average molecular weight is 357 g/mol. The number of hydrogen-bond donors (Lipinski definition) is 2. The van der Waals surface area contributed by atoms with Crippen molar-refractivity contribution in [1.82, 2.24) is 4.90 Å². The maximum atomic E-state index is 6.17. The van der Waals surface area contributed by atoms with E-state index in [0.717, 1.165) is 38.2 Å². The molecule has 0 heterocycles. The Morgan fingerprint density at radius 1 is 0.923 bits per heavy atom. The van der Waals surface area contributed by atoms with Crippen LogP contribution in [0.4, 0.5) is 11.4 Å². The molecule has 0 aliphatic heterocycles. The van der Waals surface area contributed by atoms with Gasteiger partial charge >= 0.3 is 0 Å². The summed E-state index contributed by atoms with van der Waals surface area (Å²) in [5.41, 5.74) is 12.7. The predicted octanol–water partition coefficient (Wildman–Crippen LogP) is 4.53. The molecule has 2 aromatic carbocycles. The molecule has 26 heavy (non-hydrogen) atoms. The Morgan fingerprint density at radius 2 is 1.58 bits per heavy atom. The fourth-order valence-corrected chi connectivity index (χ4v) is 2.92. The highest BCUT2D eigenvalue weighted by atomic mass is 16.5. The van der Waals surface area contributed by atoms with Crippen molar-refractivity contribution < 1.29 is 9.47 Å². The summed E-state index contributed by atoms with van der Waals surface area (Å²) >= 11 is 0. The summed E-state index contributed by atoms with van der Waals surface area (Å²) in [6.45, 7) is 9.57. The highest BCUT2D eigenvalue weighted by molar-refractivity contribution is 5.65. The lowest BCUT2D eigenvalue weighted by Crippen LogP contribution is -2.35. The van der Waals surface area contributed by atoms with E-state index in [2.05, 4.69) is 25.7 Å². The molecule has 5 heteroatoms. The van der Waals surface area contributed by atoms with Crippen molar-refractivity contribution in [2.24, 2.45) is 0 Å². The smallest absolute Gasteiger partial charge is 0.169 e. The van der Waals surface area contributed by atoms with Crippen molar-refractivity contribution in [2.75, 3.05) is 31.1 Å². The molecule has 0 radical (unpaired) electrons. The molecule has 1 atom stereocenters. The lowest BCUT2D eigenvalue weighted by molar-refractivity contribution is 0.142. The summed E-state index contributed by atoms with van der Waals surface area (Å²) < 4.78 is 12.1. The van der Waals surface area contributed by atoms with Crippen LogP contribution < -0.4 is 20.9 Å². The van der Waals surface area contributed by atoms with Crippen molar-refractivity contribution in [3.05, 3.63) is 42.5 Å². The highest BCUT2D eigenvalue weighted by Gasteiger charge is 2.13. The largest absolute Gasteiger partial charge is 0.485 e. The van der Waals surface area contributed by atoms with Crippen molar-refractivity contribution in [3.63, 3.8) is 0 Å². The number of benzene rings is 2. The SMILES string of the molecule is CCCN(CCC)CC(C)Oc1ccccc1Oc1ccc(N)c(N)c1. The number of anilines is 2. The molecule has 1 unspecified atom stereocenters. The second-order valence-corrected chi connectivity index (χ2v) is 6.57. The molecule has 2 rings (SSSR count). The van der Waals surface area contributed by atoms with Crippen LogP contribution in [0.5, 0.6) is 17.2 Å². The monoisotopic (exact) mass is 357 g/mol. The van der Waals surface area contributed by atoms with Crippen LogP contribution in [-0.4, -0.2) is 30.6 Å². The van der Waals surface area contributed by atoms with Gasteiger partial charge in [0.25, 0.3) is 0 Å². The zero-order chi connectivity index (χ0) is 18.9. The third-order valence-corrected chi connectivity index (χ3v) is 4.06. The normalized spacial score (nSPS) is 12.2. The van der Waals surface area contributed by atoms with E-state index in [4.69, 9.17) is 20.9 Å². The predicted molar refractivity (Wildman–Crippen MR) is 109 cm³/mol. The first-order valence-electron chi connectivity index (χ1n) is 9.34. The van der Waals surface area contributed by atoms with Crippen LogP contribution in [0.15, 0.2) is 42.5 Å². The van der Waals surface area contributed by atoms with Gasteiger partial charge in [-0.15, -0.1) is 0 Å². The first-order chi connectivity index (χ1) is 12.5. The van der Waals surface area contributed by atoms with E-state index in [9.17, 15) is 0 Å². The number of para-hydroxylation sites is 2. The molecule has 2 aromatic rings. The molecule has 0 fully saturated rings. The Kier molecular flexibility index (Phi) is 7.60. The summed E-state index contributed by atoms with van der Waals surface area (Å²) in [4.78, 5) is 2.44. The van der Waals surface area contributed by atoms with Gasteiger partial charge < -0.3 is 20.9 Å². The lowest BCUT2D eigenvalue weighted by atomic mass is 10.2. The molecule has 0 aromatic heterocycles. The maximum absolute atomic E-state index is 6.17. The van der Waals surface area contributed by atoms with Gasteiger partial charge in [0.05, 0.1) is 11.4 Å². The number of nitrogens with zero attached hydrogens (tertiary/aromatic N) is 1. The molecule has 0 aliphatic carbocycles. The second-order valence-electron chi connectivity index (χ2n) is 6.57. The van der Waals surface area contributed by atoms with Gasteiger partial charge in [-0.1, -0.05) is 26.0 Å². The van der Waals surface area contributed by atoms with Gasteiger partial charge in [0.1, 0.15) is 11.9 Å². The molecule has 0 bridgehead atoms. The first kappa shape index (κ1) is 19.9. The molecule has 0 aliphatic rings. The quantitative estimate of drug-likeness (QED) is 0.611. The van der Waals surface area contributed by atoms with Crippen LogP contribution in [0.25, 0.3) is 0 Å². The number of hydrogen-bond acceptors (Lipinski definition) is 5. The van der Waals surface area contributed by atoms with Crippen LogP contribution in [0, 0.1) is 0 Å². The molecule has 0 saturated heterocycles. The minimum absolute atomic E-state index is 0.0642. The van der Waals surface area contributed by atoms with Crippen LogP contribution in [0.3, 0.4) is 0 Å². The Bertz CT molecular complexity index is 685. The van der Waals surface area contributed by atoms with Gasteiger partial charge in [-0.25, -0.2) is 0 Å². The topological polar surface area (TPSA) is 73.7 Å². The summed E-state index contributed by atoms with van der Waals surface area (Å²) in [6, 6.07) is 13.0. The van der Waals surface area contributed by atoms with Crippen LogP contribution >= 0.6 is 0 Å². The summed E-state index contributed by atoms with van der Waals surface area (Å²) in [5, 5.41) is 0. The minimum Gasteiger partial charge on any atom is -0.485 e.